The molecule has 0 aliphatic rings. The van der Waals surface area contributed by atoms with Crippen molar-refractivity contribution in [3.8, 4) is 0 Å². The average Bonchev–Trinajstić information content (AvgIpc) is 2.54. The quantitative estimate of drug-likeness (QED) is 0.833. The first kappa shape index (κ1) is 20.0. The fraction of sp³-hybridized carbons (Fsp3) is 0.350. The summed E-state index contributed by atoms with van der Waals surface area (Å²) in [6.45, 7) is 7.57. The third kappa shape index (κ3) is 4.64. The summed E-state index contributed by atoms with van der Waals surface area (Å²) in [7, 11) is -3.63. The van der Waals surface area contributed by atoms with E-state index in [1.54, 1.807) is 25.1 Å². The first-order chi connectivity index (χ1) is 12.1. The van der Waals surface area contributed by atoms with Gasteiger partial charge in [-0.25, -0.2) is 8.42 Å². The largest absolute Gasteiger partial charge is 0.324 e. The van der Waals surface area contributed by atoms with Crippen LogP contribution in [0.15, 0.2) is 48.5 Å². The predicted octanol–water partition coefficient (Wildman–Crippen LogP) is 3.91. The Bertz CT molecular complexity index is 891. The minimum Gasteiger partial charge on any atom is -0.324 e. The first-order valence-corrected chi connectivity index (χ1v) is 10.4. The van der Waals surface area contributed by atoms with Crippen LogP contribution in [0, 0.1) is 6.92 Å². The number of anilines is 2. The number of sulfonamides is 1. The van der Waals surface area contributed by atoms with Gasteiger partial charge in [-0.3, -0.25) is 9.10 Å². The van der Waals surface area contributed by atoms with Crippen molar-refractivity contribution in [2.75, 3.05) is 15.9 Å². The summed E-state index contributed by atoms with van der Waals surface area (Å²) in [5.41, 5.74) is 3.12. The van der Waals surface area contributed by atoms with Crippen LogP contribution in [0.25, 0.3) is 0 Å². The molecule has 26 heavy (non-hydrogen) atoms. The van der Waals surface area contributed by atoms with Crippen LogP contribution in [0.4, 0.5) is 11.4 Å². The van der Waals surface area contributed by atoms with Gasteiger partial charge in [0.05, 0.1) is 11.9 Å². The SMILES string of the molecule is Cc1cccc(N([C@@H](C)C(=O)Nc2ccccc2C(C)C)S(C)(=O)=O)c1. The number of carbonyl (C=O) groups excluding carboxylic acids is 1. The number of aryl methyl sites for hydroxylation is 1. The van der Waals surface area contributed by atoms with E-state index < -0.39 is 16.1 Å². The van der Waals surface area contributed by atoms with E-state index in [-0.39, 0.29) is 11.8 Å². The third-order valence-corrected chi connectivity index (χ3v) is 5.43. The van der Waals surface area contributed by atoms with E-state index >= 15 is 0 Å². The molecule has 140 valence electrons. The zero-order valence-electron chi connectivity index (χ0n) is 15.9. The lowest BCUT2D eigenvalue weighted by atomic mass is 10.0. The summed E-state index contributed by atoms with van der Waals surface area (Å²) in [4.78, 5) is 12.8. The molecule has 0 saturated heterocycles. The molecule has 0 unspecified atom stereocenters. The molecule has 0 aliphatic heterocycles. The molecule has 0 heterocycles. The van der Waals surface area contributed by atoms with E-state index in [0.717, 1.165) is 21.7 Å². The molecule has 0 aromatic heterocycles. The van der Waals surface area contributed by atoms with Crippen molar-refractivity contribution in [3.05, 3.63) is 59.7 Å². The molecule has 0 radical (unpaired) electrons. The monoisotopic (exact) mass is 374 g/mol. The van der Waals surface area contributed by atoms with E-state index in [2.05, 4.69) is 5.32 Å². The third-order valence-electron chi connectivity index (χ3n) is 4.19. The summed E-state index contributed by atoms with van der Waals surface area (Å²) in [6, 6.07) is 13.8. The van der Waals surface area contributed by atoms with Crippen LogP contribution in [0.1, 0.15) is 37.8 Å². The molecule has 6 heteroatoms. The van der Waals surface area contributed by atoms with Crippen LogP contribution in [0.3, 0.4) is 0 Å². The van der Waals surface area contributed by atoms with Gasteiger partial charge in [0.25, 0.3) is 0 Å². The van der Waals surface area contributed by atoms with Gasteiger partial charge in [0.15, 0.2) is 0 Å². The molecule has 0 aliphatic carbocycles. The summed E-state index contributed by atoms with van der Waals surface area (Å²) in [5, 5.41) is 2.88. The molecule has 0 fully saturated rings. The molecule has 1 amide bonds. The van der Waals surface area contributed by atoms with Crippen LogP contribution in [0.2, 0.25) is 0 Å². The Hall–Kier alpha value is -2.34. The number of rotatable bonds is 6. The highest BCUT2D eigenvalue weighted by atomic mass is 32.2. The van der Waals surface area contributed by atoms with Gasteiger partial charge in [0.1, 0.15) is 6.04 Å². The van der Waals surface area contributed by atoms with Crippen LogP contribution < -0.4 is 9.62 Å². The zero-order chi connectivity index (χ0) is 19.5. The van der Waals surface area contributed by atoms with Crippen LogP contribution in [0.5, 0.6) is 0 Å². The number of hydrogen-bond acceptors (Lipinski definition) is 3. The van der Waals surface area contributed by atoms with Crippen LogP contribution in [-0.2, 0) is 14.8 Å². The van der Waals surface area contributed by atoms with E-state index in [4.69, 9.17) is 0 Å². The molecule has 0 spiro atoms. The molecule has 0 bridgehead atoms. The van der Waals surface area contributed by atoms with Crippen molar-refractivity contribution in [2.24, 2.45) is 0 Å². The number of benzene rings is 2. The summed E-state index contributed by atoms with van der Waals surface area (Å²) < 4.78 is 25.9. The molecule has 2 aromatic carbocycles. The smallest absolute Gasteiger partial charge is 0.248 e. The number of para-hydroxylation sites is 1. The van der Waals surface area contributed by atoms with Gasteiger partial charge in [0.2, 0.25) is 15.9 Å². The Morgan fingerprint density at radius 1 is 1.04 bits per heavy atom. The minimum atomic E-state index is -3.63. The van der Waals surface area contributed by atoms with Gasteiger partial charge in [-0.15, -0.1) is 0 Å². The second kappa shape index (κ2) is 7.91. The van der Waals surface area contributed by atoms with Crippen molar-refractivity contribution in [2.45, 2.75) is 39.7 Å². The van der Waals surface area contributed by atoms with Gasteiger partial charge >= 0.3 is 0 Å². The Balaban J connectivity index is 2.35. The van der Waals surface area contributed by atoms with Gasteiger partial charge in [-0.05, 0) is 49.1 Å². The van der Waals surface area contributed by atoms with E-state index in [1.165, 1.54) is 0 Å². The molecular weight excluding hydrogens is 348 g/mol. The van der Waals surface area contributed by atoms with Crippen molar-refractivity contribution in [1.82, 2.24) is 0 Å². The number of amides is 1. The van der Waals surface area contributed by atoms with Gasteiger partial charge in [0, 0.05) is 5.69 Å². The highest BCUT2D eigenvalue weighted by Gasteiger charge is 2.29. The topological polar surface area (TPSA) is 66.5 Å². The molecular formula is C20H26N2O3S. The lowest BCUT2D eigenvalue weighted by Crippen LogP contribution is -2.45. The lowest BCUT2D eigenvalue weighted by Gasteiger charge is -2.29. The first-order valence-electron chi connectivity index (χ1n) is 8.57. The maximum Gasteiger partial charge on any atom is 0.248 e. The lowest BCUT2D eigenvalue weighted by molar-refractivity contribution is -0.116. The van der Waals surface area contributed by atoms with Crippen molar-refractivity contribution < 1.29 is 13.2 Å². The normalized spacial score (nSPS) is 12.7. The number of carbonyl (C=O) groups is 1. The van der Waals surface area contributed by atoms with Crippen LogP contribution >= 0.6 is 0 Å². The Kier molecular flexibility index (Phi) is 6.08. The molecule has 0 saturated carbocycles. The standard InChI is InChI=1S/C20H26N2O3S/c1-14(2)18-11-6-7-12-19(18)21-20(23)16(4)22(26(5,24)25)17-10-8-9-15(3)13-17/h6-14,16H,1-5H3,(H,21,23)/t16-/m0/s1. The summed E-state index contributed by atoms with van der Waals surface area (Å²) in [6.07, 6.45) is 1.11. The molecule has 1 atom stereocenters. The minimum absolute atomic E-state index is 0.240. The Morgan fingerprint density at radius 2 is 1.69 bits per heavy atom. The maximum absolute atomic E-state index is 12.8. The molecule has 5 nitrogen and oxygen atoms in total. The average molecular weight is 375 g/mol. The van der Waals surface area contributed by atoms with E-state index in [9.17, 15) is 13.2 Å². The highest BCUT2D eigenvalue weighted by molar-refractivity contribution is 7.92. The molecule has 2 rings (SSSR count). The van der Waals surface area contributed by atoms with Gasteiger partial charge in [-0.2, -0.15) is 0 Å². The fourth-order valence-electron chi connectivity index (χ4n) is 2.93. The van der Waals surface area contributed by atoms with Gasteiger partial charge in [-0.1, -0.05) is 44.2 Å². The Morgan fingerprint density at radius 3 is 2.27 bits per heavy atom. The number of nitrogens with zero attached hydrogens (tertiary/aromatic N) is 1. The van der Waals surface area contributed by atoms with Crippen molar-refractivity contribution >= 4 is 27.3 Å². The number of hydrogen-bond donors (Lipinski definition) is 1. The summed E-state index contributed by atoms with van der Waals surface area (Å²) in [5.74, 6) is -0.130. The van der Waals surface area contributed by atoms with E-state index in [0.29, 0.717) is 11.4 Å². The van der Waals surface area contributed by atoms with Gasteiger partial charge < -0.3 is 5.32 Å². The highest BCUT2D eigenvalue weighted by Crippen LogP contribution is 2.26. The van der Waals surface area contributed by atoms with Crippen molar-refractivity contribution in [1.29, 1.82) is 0 Å². The zero-order valence-corrected chi connectivity index (χ0v) is 16.7. The maximum atomic E-state index is 12.8. The van der Waals surface area contributed by atoms with E-state index in [1.807, 2.05) is 51.1 Å². The Labute approximate surface area is 156 Å². The molecule has 1 N–H and O–H groups in total. The van der Waals surface area contributed by atoms with Crippen LogP contribution in [-0.4, -0.2) is 26.6 Å². The molecule has 2 aromatic rings. The predicted molar refractivity (Wildman–Crippen MR) is 107 cm³/mol. The number of nitrogens with one attached hydrogen (secondary N) is 1. The second-order valence-corrected chi connectivity index (χ2v) is 8.66. The second-order valence-electron chi connectivity index (χ2n) is 6.80. The fourth-order valence-corrected chi connectivity index (χ4v) is 4.09. The summed E-state index contributed by atoms with van der Waals surface area (Å²) >= 11 is 0. The van der Waals surface area contributed by atoms with Crippen molar-refractivity contribution in [3.63, 3.8) is 0 Å².